The Bertz CT molecular complexity index is 334. The topological polar surface area (TPSA) is 35.5 Å². The number of rotatable bonds is 5. The maximum Gasteiger partial charge on any atom is 0.0564 e. The average Bonchev–Trinajstić information content (AvgIpc) is 2.43. The molecule has 0 saturated carbocycles. The molecule has 1 atom stereocenters. The van der Waals surface area contributed by atoms with Crippen molar-refractivity contribution in [1.82, 2.24) is 10.2 Å². The third-order valence-corrected chi connectivity index (χ3v) is 3.84. The molecule has 1 aromatic rings. The molecule has 1 aromatic carbocycles. The van der Waals surface area contributed by atoms with Crippen LogP contribution in [0.1, 0.15) is 30.9 Å². The van der Waals surface area contributed by atoms with Crippen LogP contribution in [0.5, 0.6) is 0 Å². The van der Waals surface area contributed by atoms with Crippen LogP contribution in [0.3, 0.4) is 0 Å². The second-order valence-electron chi connectivity index (χ2n) is 5.11. The second kappa shape index (κ2) is 6.88. The zero-order valence-electron chi connectivity index (χ0n) is 11.2. The molecule has 1 aliphatic heterocycles. The van der Waals surface area contributed by atoms with Gasteiger partial charge in [-0.3, -0.25) is 0 Å². The standard InChI is InChI=1S/C15H24N2O/c1-16-15(13-5-3-2-4-6-13)9-12-17-10-7-14(18)8-11-17/h2-6,14-16,18H,7-12H2,1H3. The van der Waals surface area contributed by atoms with E-state index in [1.54, 1.807) is 0 Å². The van der Waals surface area contributed by atoms with Gasteiger partial charge in [-0.05, 0) is 38.4 Å². The third-order valence-electron chi connectivity index (χ3n) is 3.84. The highest BCUT2D eigenvalue weighted by Crippen LogP contribution is 2.18. The molecule has 1 aliphatic rings. The fourth-order valence-corrected chi connectivity index (χ4v) is 2.62. The van der Waals surface area contributed by atoms with E-state index in [0.717, 1.165) is 38.9 Å². The van der Waals surface area contributed by atoms with Crippen LogP contribution in [-0.2, 0) is 0 Å². The number of piperidine rings is 1. The molecule has 3 nitrogen and oxygen atoms in total. The van der Waals surface area contributed by atoms with Crippen molar-refractivity contribution in [1.29, 1.82) is 0 Å². The maximum absolute atomic E-state index is 9.49. The van der Waals surface area contributed by atoms with Gasteiger partial charge in [-0.25, -0.2) is 0 Å². The highest BCUT2D eigenvalue weighted by atomic mass is 16.3. The quantitative estimate of drug-likeness (QED) is 0.834. The molecule has 1 heterocycles. The van der Waals surface area contributed by atoms with Gasteiger partial charge in [0.15, 0.2) is 0 Å². The van der Waals surface area contributed by atoms with Crippen LogP contribution in [-0.4, -0.2) is 42.8 Å². The zero-order chi connectivity index (χ0) is 12.8. The van der Waals surface area contributed by atoms with Gasteiger partial charge in [0, 0.05) is 19.1 Å². The van der Waals surface area contributed by atoms with Gasteiger partial charge in [-0.2, -0.15) is 0 Å². The highest BCUT2D eigenvalue weighted by molar-refractivity contribution is 5.18. The summed E-state index contributed by atoms with van der Waals surface area (Å²) in [4.78, 5) is 2.46. The minimum atomic E-state index is -0.0736. The van der Waals surface area contributed by atoms with Crippen LogP contribution >= 0.6 is 0 Å². The van der Waals surface area contributed by atoms with Gasteiger partial charge in [0.2, 0.25) is 0 Å². The van der Waals surface area contributed by atoms with Crippen molar-refractivity contribution >= 4 is 0 Å². The predicted octanol–water partition coefficient (Wildman–Crippen LogP) is 1.79. The van der Waals surface area contributed by atoms with E-state index in [2.05, 4.69) is 40.5 Å². The number of nitrogens with one attached hydrogen (secondary N) is 1. The third kappa shape index (κ3) is 3.80. The Morgan fingerprint density at radius 1 is 1.28 bits per heavy atom. The van der Waals surface area contributed by atoms with Crippen molar-refractivity contribution in [3.8, 4) is 0 Å². The molecule has 18 heavy (non-hydrogen) atoms. The summed E-state index contributed by atoms with van der Waals surface area (Å²) in [7, 11) is 2.03. The Hall–Kier alpha value is -0.900. The Morgan fingerprint density at radius 3 is 2.56 bits per heavy atom. The molecule has 0 amide bonds. The lowest BCUT2D eigenvalue weighted by Crippen LogP contribution is -2.37. The first-order valence-electron chi connectivity index (χ1n) is 6.92. The van der Waals surface area contributed by atoms with E-state index in [1.807, 2.05) is 7.05 Å². The van der Waals surface area contributed by atoms with Crippen molar-refractivity contribution in [3.63, 3.8) is 0 Å². The summed E-state index contributed by atoms with van der Waals surface area (Å²) >= 11 is 0. The summed E-state index contributed by atoms with van der Waals surface area (Å²) in [5, 5.41) is 12.9. The molecule has 1 saturated heterocycles. The Kier molecular flexibility index (Phi) is 5.17. The van der Waals surface area contributed by atoms with E-state index in [4.69, 9.17) is 0 Å². The van der Waals surface area contributed by atoms with Crippen molar-refractivity contribution in [2.75, 3.05) is 26.7 Å². The van der Waals surface area contributed by atoms with Gasteiger partial charge in [-0.1, -0.05) is 30.3 Å². The first-order valence-corrected chi connectivity index (χ1v) is 6.92. The lowest BCUT2D eigenvalue weighted by Gasteiger charge is -2.30. The van der Waals surface area contributed by atoms with Gasteiger partial charge < -0.3 is 15.3 Å². The maximum atomic E-state index is 9.49. The molecule has 0 spiro atoms. The van der Waals surface area contributed by atoms with Crippen molar-refractivity contribution in [2.24, 2.45) is 0 Å². The molecule has 0 aliphatic carbocycles. The van der Waals surface area contributed by atoms with Gasteiger partial charge in [0.25, 0.3) is 0 Å². The average molecular weight is 248 g/mol. The van der Waals surface area contributed by atoms with E-state index in [0.29, 0.717) is 6.04 Å². The predicted molar refractivity (Wildman–Crippen MR) is 74.5 cm³/mol. The fourth-order valence-electron chi connectivity index (χ4n) is 2.62. The summed E-state index contributed by atoms with van der Waals surface area (Å²) < 4.78 is 0. The van der Waals surface area contributed by atoms with Gasteiger partial charge in [0.1, 0.15) is 0 Å². The Balaban J connectivity index is 1.81. The van der Waals surface area contributed by atoms with Crippen molar-refractivity contribution in [3.05, 3.63) is 35.9 Å². The number of aliphatic hydroxyl groups excluding tert-OH is 1. The second-order valence-corrected chi connectivity index (χ2v) is 5.11. The summed E-state index contributed by atoms with van der Waals surface area (Å²) in [5.41, 5.74) is 1.36. The normalized spacial score (nSPS) is 19.9. The van der Waals surface area contributed by atoms with Crippen LogP contribution in [0, 0.1) is 0 Å². The molecule has 0 bridgehead atoms. The van der Waals surface area contributed by atoms with Crippen molar-refractivity contribution in [2.45, 2.75) is 31.4 Å². The molecule has 0 aromatic heterocycles. The summed E-state index contributed by atoms with van der Waals surface area (Å²) in [6.07, 6.45) is 2.90. The molecule has 100 valence electrons. The summed E-state index contributed by atoms with van der Waals surface area (Å²) in [5.74, 6) is 0. The lowest BCUT2D eigenvalue weighted by molar-refractivity contribution is 0.0807. The van der Waals surface area contributed by atoms with E-state index >= 15 is 0 Å². The Labute approximate surface area is 110 Å². The number of hydrogen-bond donors (Lipinski definition) is 2. The zero-order valence-corrected chi connectivity index (χ0v) is 11.2. The van der Waals surface area contributed by atoms with Crippen LogP contribution in [0.15, 0.2) is 30.3 Å². The SMILES string of the molecule is CNC(CCN1CCC(O)CC1)c1ccccc1. The van der Waals surface area contributed by atoms with Gasteiger partial charge in [-0.15, -0.1) is 0 Å². The molecular formula is C15H24N2O. The number of likely N-dealkylation sites (tertiary alicyclic amines) is 1. The van der Waals surface area contributed by atoms with E-state index in [9.17, 15) is 5.11 Å². The van der Waals surface area contributed by atoms with Crippen LogP contribution < -0.4 is 5.32 Å². The van der Waals surface area contributed by atoms with Gasteiger partial charge >= 0.3 is 0 Å². The summed E-state index contributed by atoms with van der Waals surface area (Å²) in [6, 6.07) is 11.0. The minimum absolute atomic E-state index is 0.0736. The van der Waals surface area contributed by atoms with E-state index in [-0.39, 0.29) is 6.10 Å². The largest absolute Gasteiger partial charge is 0.393 e. The molecular weight excluding hydrogens is 224 g/mol. The van der Waals surface area contributed by atoms with Crippen LogP contribution in [0.2, 0.25) is 0 Å². The monoisotopic (exact) mass is 248 g/mol. The number of aliphatic hydroxyl groups is 1. The molecule has 3 heteroatoms. The number of nitrogens with zero attached hydrogens (tertiary/aromatic N) is 1. The van der Waals surface area contributed by atoms with Gasteiger partial charge in [0.05, 0.1) is 6.10 Å². The van der Waals surface area contributed by atoms with E-state index < -0.39 is 0 Å². The van der Waals surface area contributed by atoms with Crippen molar-refractivity contribution < 1.29 is 5.11 Å². The minimum Gasteiger partial charge on any atom is -0.393 e. The molecule has 2 N–H and O–H groups in total. The van der Waals surface area contributed by atoms with Crippen LogP contribution in [0.4, 0.5) is 0 Å². The fraction of sp³-hybridized carbons (Fsp3) is 0.600. The molecule has 1 fully saturated rings. The van der Waals surface area contributed by atoms with E-state index in [1.165, 1.54) is 5.56 Å². The lowest BCUT2D eigenvalue weighted by atomic mass is 10.0. The number of hydrogen-bond acceptors (Lipinski definition) is 3. The first-order chi connectivity index (χ1) is 8.79. The Morgan fingerprint density at radius 2 is 1.94 bits per heavy atom. The number of benzene rings is 1. The summed E-state index contributed by atoms with van der Waals surface area (Å²) in [6.45, 7) is 3.17. The highest BCUT2D eigenvalue weighted by Gasteiger charge is 2.18. The molecule has 0 radical (unpaired) electrons. The smallest absolute Gasteiger partial charge is 0.0564 e. The first kappa shape index (κ1) is 13.5. The molecule has 1 unspecified atom stereocenters. The molecule has 2 rings (SSSR count). The van der Waals surface area contributed by atoms with Crippen LogP contribution in [0.25, 0.3) is 0 Å².